The van der Waals surface area contributed by atoms with Crippen molar-refractivity contribution >= 4 is 40.6 Å². The molecule has 0 saturated carbocycles. The van der Waals surface area contributed by atoms with E-state index in [0.717, 1.165) is 64.1 Å². The Morgan fingerprint density at radius 2 is 1.51 bits per heavy atom. The van der Waals surface area contributed by atoms with E-state index in [4.69, 9.17) is 0 Å². The zero-order chi connectivity index (χ0) is 24.6. The minimum Gasteiger partial charge on any atom is -0.338 e. The van der Waals surface area contributed by atoms with Crippen molar-refractivity contribution < 1.29 is 13.2 Å². The van der Waals surface area contributed by atoms with Gasteiger partial charge in [0.15, 0.2) is 9.84 Å². The molecule has 3 fully saturated rings. The minimum atomic E-state index is -3.20. The number of sulfone groups is 1. The fourth-order valence-corrected chi connectivity index (χ4v) is 7.05. The molecule has 3 saturated heterocycles. The molecule has 3 heterocycles. The first-order chi connectivity index (χ1) is 16.7. The van der Waals surface area contributed by atoms with Gasteiger partial charge < -0.3 is 14.7 Å². The molecule has 6 nitrogen and oxygen atoms in total. The molecule has 0 aromatic heterocycles. The highest BCUT2D eigenvalue weighted by Gasteiger charge is 2.48. The number of amides is 1. The van der Waals surface area contributed by atoms with Gasteiger partial charge in [-0.3, -0.25) is 4.79 Å². The van der Waals surface area contributed by atoms with Gasteiger partial charge in [-0.15, -0.1) is 24.8 Å². The summed E-state index contributed by atoms with van der Waals surface area (Å²) < 4.78 is 23.4. The lowest BCUT2D eigenvalue weighted by atomic mass is 9.76. The van der Waals surface area contributed by atoms with E-state index in [2.05, 4.69) is 47.2 Å². The van der Waals surface area contributed by atoms with Crippen LogP contribution >= 0.6 is 24.8 Å². The summed E-state index contributed by atoms with van der Waals surface area (Å²) in [6, 6.07) is 17.9. The molecule has 37 heavy (non-hydrogen) atoms. The first-order valence-electron chi connectivity index (χ1n) is 12.8. The summed E-state index contributed by atoms with van der Waals surface area (Å²) in [4.78, 5) is 20.8. The lowest BCUT2D eigenvalue weighted by molar-refractivity contribution is -0.139. The molecule has 0 N–H and O–H groups in total. The lowest BCUT2D eigenvalue weighted by Crippen LogP contribution is -2.46. The highest BCUT2D eigenvalue weighted by atomic mass is 35.5. The number of hydrogen-bond donors (Lipinski definition) is 0. The standard InChI is InChI=1S/C28H37N3O3S.2ClH/c1-29-19-24(26(21-29)23-6-4-3-5-7-23)20-30-15-12-28(13-16-30)14-17-31(27(28)32)18-22-8-10-25(11-9-22)35(2,33)34;;/h3-11,24,26H,12-21H2,1-2H3;2*1H/t24-,26?;;/m1../s1. The summed E-state index contributed by atoms with van der Waals surface area (Å²) in [5, 5.41) is 0. The van der Waals surface area contributed by atoms with Gasteiger partial charge in [-0.05, 0) is 68.6 Å². The number of piperidine rings is 1. The van der Waals surface area contributed by atoms with Crippen LogP contribution in [0.4, 0.5) is 0 Å². The van der Waals surface area contributed by atoms with Crippen molar-refractivity contribution in [3.63, 3.8) is 0 Å². The monoisotopic (exact) mass is 567 g/mol. The van der Waals surface area contributed by atoms with Crippen molar-refractivity contribution in [3.05, 3.63) is 65.7 Å². The minimum absolute atomic E-state index is 0. The third kappa shape index (κ3) is 6.51. The maximum absolute atomic E-state index is 13.4. The molecule has 3 aliphatic heterocycles. The Morgan fingerprint density at radius 1 is 0.892 bits per heavy atom. The smallest absolute Gasteiger partial charge is 0.229 e. The molecule has 1 spiro atoms. The Kier molecular flexibility index (Phi) is 9.73. The molecule has 2 atom stereocenters. The third-order valence-electron chi connectivity index (χ3n) is 8.48. The molecule has 1 amide bonds. The largest absolute Gasteiger partial charge is 0.338 e. The molecular weight excluding hydrogens is 529 g/mol. The number of likely N-dealkylation sites (tertiary alicyclic amines) is 3. The van der Waals surface area contributed by atoms with Gasteiger partial charge in [-0.2, -0.15) is 0 Å². The van der Waals surface area contributed by atoms with E-state index < -0.39 is 9.84 Å². The average Bonchev–Trinajstić information content (AvgIpc) is 3.36. The molecule has 3 aliphatic rings. The number of carbonyl (C=O) groups is 1. The van der Waals surface area contributed by atoms with Crippen LogP contribution in [0.25, 0.3) is 0 Å². The second kappa shape index (κ2) is 12.0. The number of carbonyl (C=O) groups excluding carboxylic acids is 1. The van der Waals surface area contributed by atoms with Crippen LogP contribution in [0.3, 0.4) is 0 Å². The van der Waals surface area contributed by atoms with Crippen molar-refractivity contribution in [3.8, 4) is 0 Å². The van der Waals surface area contributed by atoms with Crippen LogP contribution in [-0.4, -0.2) is 81.6 Å². The first kappa shape index (κ1) is 29.9. The van der Waals surface area contributed by atoms with E-state index in [9.17, 15) is 13.2 Å². The Labute approximate surface area is 234 Å². The number of rotatable bonds is 6. The number of hydrogen-bond acceptors (Lipinski definition) is 5. The van der Waals surface area contributed by atoms with Gasteiger partial charge in [-0.25, -0.2) is 8.42 Å². The predicted molar refractivity (Wildman–Crippen MR) is 152 cm³/mol. The van der Waals surface area contributed by atoms with Crippen molar-refractivity contribution in [1.29, 1.82) is 0 Å². The van der Waals surface area contributed by atoms with Crippen LogP contribution in [0, 0.1) is 11.3 Å². The summed E-state index contributed by atoms with van der Waals surface area (Å²) in [6.45, 7) is 6.67. The average molecular weight is 569 g/mol. The van der Waals surface area contributed by atoms with E-state index in [1.54, 1.807) is 12.1 Å². The van der Waals surface area contributed by atoms with Gasteiger partial charge in [0.2, 0.25) is 5.91 Å². The van der Waals surface area contributed by atoms with Gasteiger partial charge >= 0.3 is 0 Å². The summed E-state index contributed by atoms with van der Waals surface area (Å²) in [7, 11) is -0.980. The number of halogens is 2. The van der Waals surface area contributed by atoms with Gasteiger partial charge in [-0.1, -0.05) is 42.5 Å². The Morgan fingerprint density at radius 3 is 2.14 bits per heavy atom. The van der Waals surface area contributed by atoms with Crippen molar-refractivity contribution in [2.24, 2.45) is 11.3 Å². The van der Waals surface area contributed by atoms with Crippen molar-refractivity contribution in [2.45, 2.75) is 36.6 Å². The number of nitrogens with zero attached hydrogens (tertiary/aromatic N) is 3. The molecule has 9 heteroatoms. The molecule has 204 valence electrons. The van der Waals surface area contributed by atoms with Gasteiger partial charge in [0, 0.05) is 44.9 Å². The van der Waals surface area contributed by atoms with Crippen LogP contribution in [0.15, 0.2) is 59.5 Å². The normalized spacial score (nSPS) is 24.2. The summed E-state index contributed by atoms with van der Waals surface area (Å²) in [6.07, 6.45) is 4.02. The molecular formula is C28H39Cl2N3O3S. The molecule has 2 aromatic carbocycles. The van der Waals surface area contributed by atoms with Crippen LogP contribution in [0.5, 0.6) is 0 Å². The van der Waals surface area contributed by atoms with Crippen molar-refractivity contribution in [1.82, 2.24) is 14.7 Å². The zero-order valence-electron chi connectivity index (χ0n) is 21.7. The third-order valence-corrected chi connectivity index (χ3v) is 9.61. The SMILES string of the molecule is CN1CC(c2ccccc2)[C@@H](CN2CCC3(CC2)CCN(Cc2ccc(S(C)(=O)=O)cc2)C3=O)C1.Cl.Cl. The van der Waals surface area contributed by atoms with E-state index in [1.165, 1.54) is 11.8 Å². The summed E-state index contributed by atoms with van der Waals surface area (Å²) in [5.41, 5.74) is 2.22. The van der Waals surface area contributed by atoms with Crippen molar-refractivity contribution in [2.75, 3.05) is 52.6 Å². The Bertz CT molecular complexity index is 1150. The quantitative estimate of drug-likeness (QED) is 0.526. The number of benzene rings is 2. The van der Waals surface area contributed by atoms with E-state index in [1.807, 2.05) is 17.0 Å². The maximum atomic E-state index is 13.4. The molecule has 0 radical (unpaired) electrons. The van der Waals surface area contributed by atoms with E-state index >= 15 is 0 Å². The van der Waals surface area contributed by atoms with Crippen LogP contribution < -0.4 is 0 Å². The number of likely N-dealkylation sites (N-methyl/N-ethyl adjacent to an activating group) is 1. The molecule has 0 bridgehead atoms. The van der Waals surface area contributed by atoms with Gasteiger partial charge in [0.05, 0.1) is 10.3 Å². The highest BCUT2D eigenvalue weighted by molar-refractivity contribution is 7.90. The Hall–Kier alpha value is -1.64. The van der Waals surface area contributed by atoms with E-state index in [0.29, 0.717) is 23.3 Å². The fraction of sp³-hybridized carbons (Fsp3) is 0.536. The topological polar surface area (TPSA) is 60.9 Å². The molecule has 2 aromatic rings. The molecule has 0 aliphatic carbocycles. The predicted octanol–water partition coefficient (Wildman–Crippen LogP) is 4.09. The van der Waals surface area contributed by atoms with Crippen LogP contribution in [0.1, 0.15) is 36.3 Å². The molecule has 5 rings (SSSR count). The van der Waals surface area contributed by atoms with Crippen LogP contribution in [-0.2, 0) is 21.2 Å². The second-order valence-corrected chi connectivity index (χ2v) is 13.0. The summed E-state index contributed by atoms with van der Waals surface area (Å²) in [5.74, 6) is 1.49. The fourth-order valence-electron chi connectivity index (χ4n) is 6.42. The first-order valence-corrected chi connectivity index (χ1v) is 14.7. The maximum Gasteiger partial charge on any atom is 0.229 e. The van der Waals surface area contributed by atoms with E-state index in [-0.39, 0.29) is 36.1 Å². The second-order valence-electron chi connectivity index (χ2n) is 11.0. The van der Waals surface area contributed by atoms with Gasteiger partial charge in [0.25, 0.3) is 0 Å². The van der Waals surface area contributed by atoms with Gasteiger partial charge in [0.1, 0.15) is 0 Å². The molecule has 1 unspecified atom stereocenters. The Balaban J connectivity index is 0.00000190. The summed E-state index contributed by atoms with van der Waals surface area (Å²) >= 11 is 0. The highest BCUT2D eigenvalue weighted by Crippen LogP contribution is 2.43. The van der Waals surface area contributed by atoms with Crippen LogP contribution in [0.2, 0.25) is 0 Å². The lowest BCUT2D eigenvalue weighted by Gasteiger charge is -2.39. The zero-order valence-corrected chi connectivity index (χ0v) is 24.2.